The average Bonchev–Trinajstić information content (AvgIpc) is 3.36. The van der Waals surface area contributed by atoms with Crippen molar-refractivity contribution in [3.05, 3.63) is 89.5 Å². The summed E-state index contributed by atoms with van der Waals surface area (Å²) in [5, 5.41) is 24.8. The lowest BCUT2D eigenvalue weighted by molar-refractivity contribution is -0.142. The summed E-state index contributed by atoms with van der Waals surface area (Å²) in [6.07, 6.45) is -0.160. The van der Waals surface area contributed by atoms with E-state index in [-0.39, 0.29) is 42.8 Å². The Kier molecular flexibility index (Phi) is 12.1. The fourth-order valence-electron chi connectivity index (χ4n) is 5.76. The number of alkyl carbamates (subject to hydrolysis) is 1. The zero-order valence-corrected chi connectivity index (χ0v) is 27.7. The Labute approximate surface area is 276 Å². The number of carbonyl (C=O) groups is 3. The summed E-state index contributed by atoms with van der Waals surface area (Å²) in [7, 11) is -4.08. The third-order valence-electron chi connectivity index (χ3n) is 8.14. The second-order valence-electron chi connectivity index (χ2n) is 12.1. The molecular weight excluding hydrogens is 622 g/mol. The first kappa shape index (κ1) is 35.6. The third kappa shape index (κ3) is 8.76. The predicted molar refractivity (Wildman–Crippen MR) is 177 cm³/mol. The van der Waals surface area contributed by atoms with Crippen LogP contribution >= 0.6 is 0 Å². The number of aryl methyl sites for hydroxylation is 1. The van der Waals surface area contributed by atoms with Crippen molar-refractivity contribution in [1.82, 2.24) is 14.9 Å². The summed E-state index contributed by atoms with van der Waals surface area (Å²) < 4.78 is 33.5. The summed E-state index contributed by atoms with van der Waals surface area (Å²) in [6.45, 7) is 5.03. The monoisotopic (exact) mass is 665 g/mol. The second kappa shape index (κ2) is 16.0. The van der Waals surface area contributed by atoms with E-state index < -0.39 is 46.7 Å². The molecule has 1 aliphatic rings. The van der Waals surface area contributed by atoms with Crippen molar-refractivity contribution in [2.45, 2.75) is 62.9 Å². The molecule has 0 unspecified atom stereocenters. The molecule has 0 saturated carbocycles. The molecule has 12 heteroatoms. The molecule has 11 nitrogen and oxygen atoms in total. The van der Waals surface area contributed by atoms with Crippen LogP contribution in [-0.4, -0.2) is 79.3 Å². The smallest absolute Gasteiger partial charge is 0.407 e. The van der Waals surface area contributed by atoms with Crippen molar-refractivity contribution in [2.24, 2.45) is 5.92 Å². The number of carboxylic acid groups (broad SMARTS) is 1. The van der Waals surface area contributed by atoms with Crippen LogP contribution in [0.25, 0.3) is 11.1 Å². The van der Waals surface area contributed by atoms with Gasteiger partial charge in [-0.05, 0) is 66.5 Å². The highest BCUT2D eigenvalue weighted by molar-refractivity contribution is 7.89. The van der Waals surface area contributed by atoms with E-state index in [0.29, 0.717) is 12.8 Å². The van der Waals surface area contributed by atoms with Gasteiger partial charge in [0.15, 0.2) is 0 Å². The van der Waals surface area contributed by atoms with Crippen LogP contribution in [0.4, 0.5) is 4.79 Å². The van der Waals surface area contributed by atoms with Gasteiger partial charge in [0, 0.05) is 19.0 Å². The number of ether oxygens (including phenoxy) is 1. The number of amides is 2. The zero-order chi connectivity index (χ0) is 34.1. The number of rotatable bonds is 16. The van der Waals surface area contributed by atoms with Crippen LogP contribution in [-0.2, 0) is 24.3 Å². The van der Waals surface area contributed by atoms with Gasteiger partial charge in [-0.25, -0.2) is 13.2 Å². The number of benzene rings is 3. The molecule has 4 N–H and O–H groups in total. The van der Waals surface area contributed by atoms with Crippen molar-refractivity contribution < 1.29 is 37.8 Å². The Bertz CT molecular complexity index is 1610. The number of nitrogens with one attached hydrogen (secondary N) is 2. The number of nitrogens with zero attached hydrogens (tertiary/aromatic N) is 1. The Morgan fingerprint density at radius 1 is 0.915 bits per heavy atom. The average molecular weight is 666 g/mol. The number of aliphatic carboxylic acids is 1. The van der Waals surface area contributed by atoms with Crippen molar-refractivity contribution in [3.63, 3.8) is 0 Å². The molecule has 0 radical (unpaired) electrons. The standard InChI is InChI=1S/C35H43N3O8S/c1-23(2)20-38(47(44,45)25-17-15-24(3)16-18-25)32(34(41)42)14-8-9-19-36-33(40)31(21-39)37-35(43)46-22-30-28-12-6-4-10-26(28)27-11-5-7-13-29(27)30/h4-7,10-13,15-18,23,30-32,39H,8-9,14,19-22H2,1-3H3,(H,36,40)(H,37,43)(H,41,42)/t31-,32-/m0/s1. The Morgan fingerprint density at radius 3 is 2.06 bits per heavy atom. The van der Waals surface area contributed by atoms with Gasteiger partial charge in [0.1, 0.15) is 18.7 Å². The summed E-state index contributed by atoms with van der Waals surface area (Å²) in [4.78, 5) is 37.6. The topological polar surface area (TPSA) is 162 Å². The minimum Gasteiger partial charge on any atom is -0.480 e. The highest BCUT2D eigenvalue weighted by Crippen LogP contribution is 2.44. The molecule has 47 heavy (non-hydrogen) atoms. The molecule has 3 aromatic carbocycles. The first-order valence-electron chi connectivity index (χ1n) is 15.8. The van der Waals surface area contributed by atoms with E-state index in [1.165, 1.54) is 12.1 Å². The van der Waals surface area contributed by atoms with Gasteiger partial charge < -0.3 is 25.6 Å². The van der Waals surface area contributed by atoms with Gasteiger partial charge in [0.25, 0.3) is 0 Å². The summed E-state index contributed by atoms with van der Waals surface area (Å²) in [5.41, 5.74) is 5.14. The van der Waals surface area contributed by atoms with E-state index in [1.807, 2.05) is 69.3 Å². The number of hydrogen-bond donors (Lipinski definition) is 4. The van der Waals surface area contributed by atoms with Gasteiger partial charge in [-0.1, -0.05) is 80.1 Å². The van der Waals surface area contributed by atoms with E-state index >= 15 is 0 Å². The maximum atomic E-state index is 13.5. The third-order valence-corrected chi connectivity index (χ3v) is 10.0. The maximum absolute atomic E-state index is 13.5. The molecule has 1 aliphatic carbocycles. The molecule has 0 saturated heterocycles. The Balaban J connectivity index is 1.27. The molecule has 0 heterocycles. The van der Waals surface area contributed by atoms with Crippen LogP contribution in [0.1, 0.15) is 55.7 Å². The van der Waals surface area contributed by atoms with Crippen LogP contribution in [0.5, 0.6) is 0 Å². The highest BCUT2D eigenvalue weighted by atomic mass is 32.2. The van der Waals surface area contributed by atoms with Crippen LogP contribution in [0.2, 0.25) is 0 Å². The van der Waals surface area contributed by atoms with Crippen LogP contribution in [0, 0.1) is 12.8 Å². The first-order chi connectivity index (χ1) is 22.4. The molecule has 0 fully saturated rings. The van der Waals surface area contributed by atoms with Crippen molar-refractivity contribution in [2.75, 3.05) is 26.3 Å². The van der Waals surface area contributed by atoms with E-state index in [9.17, 15) is 33.0 Å². The number of hydrogen-bond acceptors (Lipinski definition) is 7. The normalized spacial score (nSPS) is 13.9. The van der Waals surface area contributed by atoms with Gasteiger partial charge in [0.05, 0.1) is 11.5 Å². The van der Waals surface area contributed by atoms with Crippen LogP contribution < -0.4 is 10.6 Å². The number of fused-ring (bicyclic) bond motifs is 3. The summed E-state index contributed by atoms with van der Waals surface area (Å²) in [5.74, 6) is -2.15. The van der Waals surface area contributed by atoms with Gasteiger partial charge >= 0.3 is 12.1 Å². The Hall–Kier alpha value is -4.26. The summed E-state index contributed by atoms with van der Waals surface area (Å²) in [6, 6.07) is 19.6. The quantitative estimate of drug-likeness (QED) is 0.165. The largest absolute Gasteiger partial charge is 0.480 e. The number of sulfonamides is 1. The summed E-state index contributed by atoms with van der Waals surface area (Å²) >= 11 is 0. The fourth-order valence-corrected chi connectivity index (χ4v) is 7.54. The number of unbranched alkanes of at least 4 members (excludes halogenated alkanes) is 1. The molecule has 3 aromatic rings. The molecule has 0 bridgehead atoms. The lowest BCUT2D eigenvalue weighted by Crippen LogP contribution is -2.49. The van der Waals surface area contributed by atoms with Crippen molar-refractivity contribution >= 4 is 28.0 Å². The van der Waals surface area contributed by atoms with Gasteiger partial charge in [-0.3, -0.25) is 9.59 Å². The number of carboxylic acids is 1. The lowest BCUT2D eigenvalue weighted by atomic mass is 9.98. The molecule has 0 aromatic heterocycles. The van der Waals surface area contributed by atoms with Crippen molar-refractivity contribution in [1.29, 1.82) is 0 Å². The van der Waals surface area contributed by atoms with E-state index in [1.54, 1.807) is 12.1 Å². The van der Waals surface area contributed by atoms with Crippen LogP contribution in [0.15, 0.2) is 77.7 Å². The molecule has 4 rings (SSSR count). The predicted octanol–water partition coefficient (Wildman–Crippen LogP) is 4.28. The molecule has 0 spiro atoms. The fraction of sp³-hybridized carbons (Fsp3) is 0.400. The van der Waals surface area contributed by atoms with E-state index in [2.05, 4.69) is 10.6 Å². The maximum Gasteiger partial charge on any atom is 0.407 e. The number of aliphatic hydroxyl groups is 1. The van der Waals surface area contributed by atoms with Gasteiger partial charge in [-0.15, -0.1) is 0 Å². The molecule has 2 amide bonds. The highest BCUT2D eigenvalue weighted by Gasteiger charge is 2.36. The van der Waals surface area contributed by atoms with E-state index in [0.717, 1.165) is 32.1 Å². The lowest BCUT2D eigenvalue weighted by Gasteiger charge is -2.29. The molecule has 252 valence electrons. The Morgan fingerprint density at radius 2 is 1.51 bits per heavy atom. The van der Waals surface area contributed by atoms with Gasteiger partial charge in [-0.2, -0.15) is 4.31 Å². The molecular formula is C35H43N3O8S. The second-order valence-corrected chi connectivity index (χ2v) is 14.0. The van der Waals surface area contributed by atoms with Gasteiger partial charge in [0.2, 0.25) is 15.9 Å². The van der Waals surface area contributed by atoms with E-state index in [4.69, 9.17) is 4.74 Å². The van der Waals surface area contributed by atoms with Crippen molar-refractivity contribution in [3.8, 4) is 11.1 Å². The zero-order valence-electron chi connectivity index (χ0n) is 26.9. The first-order valence-corrected chi connectivity index (χ1v) is 17.2. The molecule has 2 atom stereocenters. The minimum absolute atomic E-state index is 0.0289. The number of carbonyl (C=O) groups excluding carboxylic acids is 2. The molecule has 0 aliphatic heterocycles. The van der Waals surface area contributed by atoms with Crippen LogP contribution in [0.3, 0.4) is 0 Å². The SMILES string of the molecule is Cc1ccc(S(=O)(=O)N(CC(C)C)[C@@H](CCCCNC(=O)[C@H](CO)NC(=O)OCC2c3ccccc3-c3ccccc32)C(=O)O)cc1. The minimum atomic E-state index is -4.08. The number of aliphatic hydroxyl groups excluding tert-OH is 1.